The van der Waals surface area contributed by atoms with Crippen molar-refractivity contribution >= 4 is 23.4 Å². The summed E-state index contributed by atoms with van der Waals surface area (Å²) in [6, 6.07) is 4.59. The summed E-state index contributed by atoms with van der Waals surface area (Å²) in [6.45, 7) is 0. The minimum atomic E-state index is -0.548. The third kappa shape index (κ3) is 2.62. The van der Waals surface area contributed by atoms with Crippen LogP contribution < -0.4 is 17.1 Å². The fourth-order valence-corrected chi connectivity index (χ4v) is 1.32. The number of ether oxygens (including phenoxy) is 1. The van der Waals surface area contributed by atoms with Crippen LogP contribution in [0.4, 0.5) is 0 Å². The van der Waals surface area contributed by atoms with E-state index in [0.717, 1.165) is 0 Å². The van der Waals surface area contributed by atoms with Gasteiger partial charge in [-0.15, -0.1) is 5.10 Å². The van der Waals surface area contributed by atoms with E-state index in [1.165, 1.54) is 13.2 Å². The van der Waals surface area contributed by atoms with Gasteiger partial charge < -0.3 is 10.5 Å². The third-order valence-electron chi connectivity index (χ3n) is 1.85. The fourth-order valence-electron chi connectivity index (χ4n) is 1.15. The second-order valence-electron chi connectivity index (χ2n) is 2.81. The molecule has 0 aliphatic carbocycles. The number of nitrogens with zero attached hydrogens (tertiary/aromatic N) is 1. The van der Waals surface area contributed by atoms with Gasteiger partial charge in [0.15, 0.2) is 5.84 Å². The lowest BCUT2D eigenvalue weighted by atomic mass is 10.1. The number of methoxy groups -OCH3 is 1. The summed E-state index contributed by atoms with van der Waals surface area (Å²) in [6.07, 6.45) is 0. The SMILES string of the molecule is COC(=O)c1cc(Cl)ccc1/C(N)=N/NN. The topological polar surface area (TPSA) is 103 Å². The lowest BCUT2D eigenvalue weighted by molar-refractivity contribution is 0.0600. The van der Waals surface area contributed by atoms with Crippen molar-refractivity contribution < 1.29 is 9.53 Å². The van der Waals surface area contributed by atoms with Gasteiger partial charge in [0.1, 0.15) is 0 Å². The predicted molar refractivity (Wildman–Crippen MR) is 60.8 cm³/mol. The predicted octanol–water partition coefficient (Wildman–Crippen LogP) is 0.210. The first kappa shape index (κ1) is 12.3. The molecule has 0 aliphatic rings. The highest BCUT2D eigenvalue weighted by Crippen LogP contribution is 2.16. The highest BCUT2D eigenvalue weighted by atomic mass is 35.5. The number of carbonyl (C=O) groups excluding carboxylic acids is 1. The second kappa shape index (κ2) is 5.34. The van der Waals surface area contributed by atoms with Crippen molar-refractivity contribution in [1.82, 2.24) is 5.53 Å². The molecule has 0 aromatic heterocycles. The number of nitrogens with one attached hydrogen (secondary N) is 1. The minimum absolute atomic E-state index is 0.0690. The van der Waals surface area contributed by atoms with E-state index in [9.17, 15) is 4.79 Å². The molecule has 6 nitrogen and oxygen atoms in total. The molecule has 86 valence electrons. The van der Waals surface area contributed by atoms with Crippen molar-refractivity contribution in [2.75, 3.05) is 7.11 Å². The summed E-state index contributed by atoms with van der Waals surface area (Å²) in [7, 11) is 1.27. The Labute approximate surface area is 97.2 Å². The molecule has 0 unspecified atom stereocenters. The minimum Gasteiger partial charge on any atom is -0.465 e. The molecule has 0 amide bonds. The van der Waals surface area contributed by atoms with Crippen molar-refractivity contribution in [2.45, 2.75) is 0 Å². The molecule has 0 bridgehead atoms. The molecule has 0 saturated heterocycles. The standard InChI is InChI=1S/C9H11ClN4O2/c1-16-9(15)7-4-5(10)2-3-6(7)8(11)13-14-12/h2-4,14H,12H2,1H3,(H2,11,13). The molecule has 0 heterocycles. The zero-order chi connectivity index (χ0) is 12.1. The number of hydrogen-bond donors (Lipinski definition) is 3. The van der Waals surface area contributed by atoms with Crippen molar-refractivity contribution in [3.05, 3.63) is 34.3 Å². The summed E-state index contributed by atoms with van der Waals surface area (Å²) in [5.74, 6) is 4.52. The number of benzene rings is 1. The second-order valence-corrected chi connectivity index (χ2v) is 3.24. The van der Waals surface area contributed by atoms with Crippen LogP contribution in [0.1, 0.15) is 15.9 Å². The molecule has 0 saturated carbocycles. The maximum absolute atomic E-state index is 11.5. The first-order valence-corrected chi connectivity index (χ1v) is 4.65. The first-order chi connectivity index (χ1) is 7.60. The van der Waals surface area contributed by atoms with E-state index in [0.29, 0.717) is 10.6 Å². The number of halogens is 1. The van der Waals surface area contributed by atoms with Gasteiger partial charge in [-0.05, 0) is 18.2 Å². The number of hydrazine groups is 1. The van der Waals surface area contributed by atoms with Crippen LogP contribution in [0.5, 0.6) is 0 Å². The Morgan fingerprint density at radius 2 is 2.19 bits per heavy atom. The van der Waals surface area contributed by atoms with Crippen molar-refractivity contribution in [3.8, 4) is 0 Å². The van der Waals surface area contributed by atoms with Gasteiger partial charge in [0.2, 0.25) is 0 Å². The van der Waals surface area contributed by atoms with Gasteiger partial charge in [-0.1, -0.05) is 11.6 Å². The molecule has 0 radical (unpaired) electrons. The molecule has 0 fully saturated rings. The Bertz CT molecular complexity index is 434. The number of amidine groups is 1. The van der Waals surface area contributed by atoms with Gasteiger partial charge in [-0.3, -0.25) is 0 Å². The summed E-state index contributed by atoms with van der Waals surface area (Å²) >= 11 is 5.77. The zero-order valence-electron chi connectivity index (χ0n) is 8.53. The molecule has 0 aliphatic heterocycles. The number of hydrogen-bond acceptors (Lipinski definition) is 5. The zero-order valence-corrected chi connectivity index (χ0v) is 9.28. The van der Waals surface area contributed by atoms with Crippen molar-refractivity contribution in [1.29, 1.82) is 0 Å². The molecule has 7 heteroatoms. The van der Waals surface area contributed by atoms with Crippen molar-refractivity contribution in [2.24, 2.45) is 16.7 Å². The molecule has 0 spiro atoms. The highest BCUT2D eigenvalue weighted by molar-refractivity contribution is 6.31. The molecule has 5 N–H and O–H groups in total. The average Bonchev–Trinajstić information content (AvgIpc) is 2.28. The van der Waals surface area contributed by atoms with Crippen LogP contribution in [0.15, 0.2) is 23.3 Å². The molecule has 1 rings (SSSR count). The van der Waals surface area contributed by atoms with Gasteiger partial charge in [-0.2, -0.15) is 0 Å². The van der Waals surface area contributed by atoms with Gasteiger partial charge in [0.05, 0.1) is 12.7 Å². The smallest absolute Gasteiger partial charge is 0.338 e. The van der Waals surface area contributed by atoms with Crippen LogP contribution >= 0.6 is 11.6 Å². The number of nitrogens with two attached hydrogens (primary N) is 2. The summed E-state index contributed by atoms with van der Waals surface area (Å²) in [5.41, 5.74) is 8.27. The van der Waals surface area contributed by atoms with Gasteiger partial charge in [-0.25, -0.2) is 16.2 Å². The highest BCUT2D eigenvalue weighted by Gasteiger charge is 2.14. The lowest BCUT2D eigenvalue weighted by Gasteiger charge is -2.07. The Morgan fingerprint density at radius 3 is 2.75 bits per heavy atom. The van der Waals surface area contributed by atoms with E-state index >= 15 is 0 Å². The number of carbonyl (C=O) groups is 1. The maximum atomic E-state index is 11.5. The van der Waals surface area contributed by atoms with Crippen molar-refractivity contribution in [3.63, 3.8) is 0 Å². The quantitative estimate of drug-likeness (QED) is 0.231. The van der Waals surface area contributed by atoms with E-state index < -0.39 is 5.97 Å². The average molecular weight is 243 g/mol. The molecule has 1 aromatic rings. The monoisotopic (exact) mass is 242 g/mol. The first-order valence-electron chi connectivity index (χ1n) is 4.27. The Morgan fingerprint density at radius 1 is 1.50 bits per heavy atom. The van der Waals surface area contributed by atoms with Crippen LogP contribution in [-0.2, 0) is 4.74 Å². The molecular weight excluding hydrogens is 232 g/mol. The molecular formula is C9H11ClN4O2. The van der Waals surface area contributed by atoms with Gasteiger partial charge in [0.25, 0.3) is 0 Å². The van der Waals surface area contributed by atoms with E-state index in [1.54, 1.807) is 12.1 Å². The van der Waals surface area contributed by atoms with E-state index in [2.05, 4.69) is 9.84 Å². The third-order valence-corrected chi connectivity index (χ3v) is 2.08. The van der Waals surface area contributed by atoms with E-state index in [1.807, 2.05) is 5.53 Å². The van der Waals surface area contributed by atoms with E-state index in [-0.39, 0.29) is 11.4 Å². The summed E-state index contributed by atoms with van der Waals surface area (Å²) in [5, 5.41) is 3.97. The lowest BCUT2D eigenvalue weighted by Crippen LogP contribution is -2.25. The van der Waals surface area contributed by atoms with Crippen LogP contribution in [0.3, 0.4) is 0 Å². The fraction of sp³-hybridized carbons (Fsp3) is 0.111. The Kier molecular flexibility index (Phi) is 4.10. The maximum Gasteiger partial charge on any atom is 0.338 e. The number of esters is 1. The normalized spacial score (nSPS) is 11.1. The van der Waals surface area contributed by atoms with Crippen LogP contribution in [-0.4, -0.2) is 18.9 Å². The Balaban J connectivity index is 3.28. The van der Waals surface area contributed by atoms with Crippen LogP contribution in [0.2, 0.25) is 5.02 Å². The van der Waals surface area contributed by atoms with Gasteiger partial charge in [0, 0.05) is 10.6 Å². The summed E-state index contributed by atoms with van der Waals surface area (Å²) in [4.78, 5) is 11.5. The molecule has 1 aromatic carbocycles. The van der Waals surface area contributed by atoms with E-state index in [4.69, 9.17) is 23.2 Å². The number of rotatable bonds is 3. The Hall–Kier alpha value is -1.79. The molecule has 16 heavy (non-hydrogen) atoms. The molecule has 0 atom stereocenters. The summed E-state index contributed by atoms with van der Waals surface area (Å²) < 4.78 is 4.60. The van der Waals surface area contributed by atoms with Crippen LogP contribution in [0, 0.1) is 0 Å². The van der Waals surface area contributed by atoms with Gasteiger partial charge >= 0.3 is 5.97 Å². The number of hydrazone groups is 1. The largest absolute Gasteiger partial charge is 0.465 e. The van der Waals surface area contributed by atoms with Crippen LogP contribution in [0.25, 0.3) is 0 Å².